The highest BCUT2D eigenvalue weighted by Gasteiger charge is 2.23. The number of ketones is 1. The molecular weight excluding hydrogens is 340 g/mol. The van der Waals surface area contributed by atoms with Crippen LogP contribution in [0.4, 0.5) is 0 Å². The van der Waals surface area contributed by atoms with Crippen molar-refractivity contribution in [2.24, 2.45) is 5.92 Å². The van der Waals surface area contributed by atoms with Gasteiger partial charge in [-0.25, -0.2) is 0 Å². The van der Waals surface area contributed by atoms with E-state index in [0.717, 1.165) is 38.2 Å². The fourth-order valence-corrected chi connectivity index (χ4v) is 3.17. The fourth-order valence-electron chi connectivity index (χ4n) is 3.17. The highest BCUT2D eigenvalue weighted by molar-refractivity contribution is 5.98. The number of nitrogens with one attached hydrogen (secondary N) is 1. The molecule has 1 fully saturated rings. The van der Waals surface area contributed by atoms with Crippen molar-refractivity contribution in [3.05, 3.63) is 29.8 Å². The van der Waals surface area contributed by atoms with E-state index in [2.05, 4.69) is 5.32 Å². The van der Waals surface area contributed by atoms with E-state index < -0.39 is 0 Å². The maximum Gasteiger partial charge on any atom is 0.223 e. The summed E-state index contributed by atoms with van der Waals surface area (Å²) in [5.74, 6) is 1.38. The van der Waals surface area contributed by atoms with Gasteiger partial charge in [-0.3, -0.25) is 9.59 Å². The highest BCUT2D eigenvalue weighted by atomic mass is 35.5. The van der Waals surface area contributed by atoms with Crippen molar-refractivity contribution in [3.63, 3.8) is 0 Å². The normalized spacial score (nSPS) is 16.9. The largest absolute Gasteiger partial charge is 0.494 e. The zero-order chi connectivity index (χ0) is 17.4. The van der Waals surface area contributed by atoms with E-state index in [1.54, 1.807) is 24.3 Å². The monoisotopic (exact) mass is 368 g/mol. The molecule has 140 valence electrons. The summed E-state index contributed by atoms with van der Waals surface area (Å²) >= 11 is 0. The molecule has 1 N–H and O–H groups in total. The minimum atomic E-state index is 0. The third kappa shape index (κ3) is 6.67. The SMILES string of the molecule is CCOc1ccc(C(=O)CCC(=O)N2CCCC(CNC)C2)cc1.Cl. The minimum Gasteiger partial charge on any atom is -0.494 e. The lowest BCUT2D eigenvalue weighted by Gasteiger charge is -2.32. The van der Waals surface area contributed by atoms with E-state index in [1.807, 2.05) is 18.9 Å². The summed E-state index contributed by atoms with van der Waals surface area (Å²) in [6.07, 6.45) is 2.76. The van der Waals surface area contributed by atoms with Crippen LogP contribution in [0.25, 0.3) is 0 Å². The molecule has 1 atom stereocenters. The number of amides is 1. The van der Waals surface area contributed by atoms with Crippen LogP contribution in [-0.2, 0) is 4.79 Å². The second kappa shape index (κ2) is 11.1. The molecule has 0 aromatic heterocycles. The number of carbonyl (C=O) groups is 2. The van der Waals surface area contributed by atoms with Crippen molar-refractivity contribution >= 4 is 24.1 Å². The molecule has 1 aromatic carbocycles. The lowest BCUT2D eigenvalue weighted by molar-refractivity contribution is -0.132. The molecule has 6 heteroatoms. The van der Waals surface area contributed by atoms with Gasteiger partial charge in [-0.2, -0.15) is 0 Å². The van der Waals surface area contributed by atoms with Crippen molar-refractivity contribution in [2.45, 2.75) is 32.6 Å². The van der Waals surface area contributed by atoms with Crippen LogP contribution in [0.15, 0.2) is 24.3 Å². The maximum atomic E-state index is 12.4. The first-order valence-corrected chi connectivity index (χ1v) is 8.82. The summed E-state index contributed by atoms with van der Waals surface area (Å²) in [6.45, 7) is 5.08. The van der Waals surface area contributed by atoms with Gasteiger partial charge in [0, 0.05) is 31.5 Å². The minimum absolute atomic E-state index is 0. The molecule has 1 saturated heterocycles. The Morgan fingerprint density at radius 2 is 1.96 bits per heavy atom. The lowest BCUT2D eigenvalue weighted by Crippen LogP contribution is -2.42. The Morgan fingerprint density at radius 1 is 1.24 bits per heavy atom. The first-order valence-electron chi connectivity index (χ1n) is 8.82. The molecule has 0 bridgehead atoms. The molecule has 1 amide bonds. The van der Waals surface area contributed by atoms with Gasteiger partial charge in [0.05, 0.1) is 6.61 Å². The number of Topliss-reactive ketones (excluding diaryl/α,β-unsaturated/α-hetero) is 1. The Labute approximate surface area is 156 Å². The Morgan fingerprint density at radius 3 is 2.60 bits per heavy atom. The fraction of sp³-hybridized carbons (Fsp3) is 0.579. The van der Waals surface area contributed by atoms with Crippen molar-refractivity contribution in [1.29, 1.82) is 0 Å². The topological polar surface area (TPSA) is 58.6 Å². The Balaban J connectivity index is 0.00000312. The lowest BCUT2D eigenvalue weighted by atomic mass is 9.97. The zero-order valence-electron chi connectivity index (χ0n) is 15.1. The molecule has 2 rings (SSSR count). The number of likely N-dealkylation sites (tertiary alicyclic amines) is 1. The van der Waals surface area contributed by atoms with E-state index in [1.165, 1.54) is 0 Å². The van der Waals surface area contributed by atoms with Gasteiger partial charge in [-0.05, 0) is 63.5 Å². The molecule has 1 unspecified atom stereocenters. The van der Waals surface area contributed by atoms with Gasteiger partial charge in [-0.1, -0.05) is 0 Å². The number of rotatable bonds is 8. The van der Waals surface area contributed by atoms with Gasteiger partial charge in [0.2, 0.25) is 5.91 Å². The third-order valence-corrected chi connectivity index (χ3v) is 4.42. The molecule has 0 radical (unpaired) electrons. The average Bonchev–Trinajstić information content (AvgIpc) is 2.61. The molecule has 1 aliphatic rings. The Bertz CT molecular complexity index is 546. The second-order valence-corrected chi connectivity index (χ2v) is 6.29. The first kappa shape index (κ1) is 21.5. The molecule has 5 nitrogen and oxygen atoms in total. The Kier molecular flexibility index (Phi) is 9.53. The molecule has 1 aliphatic heterocycles. The van der Waals surface area contributed by atoms with E-state index in [-0.39, 0.29) is 36.9 Å². The van der Waals surface area contributed by atoms with Crippen LogP contribution in [0.5, 0.6) is 5.75 Å². The predicted molar refractivity (Wildman–Crippen MR) is 102 cm³/mol. The summed E-state index contributed by atoms with van der Waals surface area (Å²) in [5, 5.41) is 3.18. The number of nitrogens with zero attached hydrogens (tertiary/aromatic N) is 1. The second-order valence-electron chi connectivity index (χ2n) is 6.29. The smallest absolute Gasteiger partial charge is 0.223 e. The van der Waals surface area contributed by atoms with Crippen molar-refractivity contribution in [2.75, 3.05) is 33.3 Å². The van der Waals surface area contributed by atoms with Gasteiger partial charge in [0.15, 0.2) is 5.78 Å². The van der Waals surface area contributed by atoms with Gasteiger partial charge >= 0.3 is 0 Å². The molecule has 1 heterocycles. The van der Waals surface area contributed by atoms with Gasteiger partial charge in [-0.15, -0.1) is 12.4 Å². The third-order valence-electron chi connectivity index (χ3n) is 4.42. The van der Waals surface area contributed by atoms with Crippen LogP contribution in [0, 0.1) is 5.92 Å². The van der Waals surface area contributed by atoms with Gasteiger partial charge in [0.25, 0.3) is 0 Å². The van der Waals surface area contributed by atoms with E-state index in [0.29, 0.717) is 18.1 Å². The summed E-state index contributed by atoms with van der Waals surface area (Å²) in [7, 11) is 1.94. The molecule has 0 spiro atoms. The number of piperidine rings is 1. The highest BCUT2D eigenvalue weighted by Crippen LogP contribution is 2.18. The Hall–Kier alpha value is -1.59. The van der Waals surface area contributed by atoms with Crippen molar-refractivity contribution < 1.29 is 14.3 Å². The molecule has 1 aromatic rings. The zero-order valence-corrected chi connectivity index (χ0v) is 15.9. The van der Waals surface area contributed by atoms with Crippen molar-refractivity contribution in [3.8, 4) is 5.75 Å². The van der Waals surface area contributed by atoms with Crippen LogP contribution < -0.4 is 10.1 Å². The number of ether oxygens (including phenoxy) is 1. The van der Waals surface area contributed by atoms with E-state index in [4.69, 9.17) is 4.74 Å². The van der Waals surface area contributed by atoms with Crippen LogP contribution >= 0.6 is 12.4 Å². The van der Waals surface area contributed by atoms with Crippen LogP contribution in [-0.4, -0.2) is 49.9 Å². The van der Waals surface area contributed by atoms with Gasteiger partial charge < -0.3 is 15.0 Å². The summed E-state index contributed by atoms with van der Waals surface area (Å²) in [6, 6.07) is 7.13. The standard InChI is InChI=1S/C19H28N2O3.ClH/c1-3-24-17-8-6-16(7-9-17)18(22)10-11-19(23)21-12-4-5-15(14-21)13-20-2;/h6-9,15,20H,3-5,10-14H2,1-2H3;1H. The molecule has 25 heavy (non-hydrogen) atoms. The predicted octanol–water partition coefficient (Wildman–Crippen LogP) is 2.93. The number of carbonyl (C=O) groups excluding carboxylic acids is 2. The van der Waals surface area contributed by atoms with Crippen LogP contribution in [0.1, 0.15) is 43.0 Å². The van der Waals surface area contributed by atoms with Crippen molar-refractivity contribution in [1.82, 2.24) is 10.2 Å². The van der Waals surface area contributed by atoms with E-state index >= 15 is 0 Å². The quantitative estimate of drug-likeness (QED) is 0.717. The summed E-state index contributed by atoms with van der Waals surface area (Å²) in [5.41, 5.74) is 0.637. The molecular formula is C19H29ClN2O3. The number of hydrogen-bond acceptors (Lipinski definition) is 4. The number of halogens is 1. The van der Waals surface area contributed by atoms with Crippen LogP contribution in [0.2, 0.25) is 0 Å². The molecule has 0 saturated carbocycles. The summed E-state index contributed by atoms with van der Waals surface area (Å²) < 4.78 is 5.37. The molecule has 0 aliphatic carbocycles. The first-order chi connectivity index (χ1) is 11.6. The number of hydrogen-bond donors (Lipinski definition) is 1. The van der Waals surface area contributed by atoms with Crippen LogP contribution in [0.3, 0.4) is 0 Å². The number of benzene rings is 1. The maximum absolute atomic E-state index is 12.4. The van der Waals surface area contributed by atoms with Gasteiger partial charge in [0.1, 0.15) is 5.75 Å². The average molecular weight is 369 g/mol. The van der Waals surface area contributed by atoms with E-state index in [9.17, 15) is 9.59 Å². The summed E-state index contributed by atoms with van der Waals surface area (Å²) in [4.78, 5) is 26.5.